The first-order valence-corrected chi connectivity index (χ1v) is 5.68. The van der Waals surface area contributed by atoms with Gasteiger partial charge in [0.15, 0.2) is 0 Å². The summed E-state index contributed by atoms with van der Waals surface area (Å²) in [6.07, 6.45) is 2.13. The van der Waals surface area contributed by atoms with Crippen LogP contribution in [-0.2, 0) is 0 Å². The van der Waals surface area contributed by atoms with Crippen LogP contribution in [0.15, 0.2) is 23.1 Å². The monoisotopic (exact) mass is 225 g/mol. The molecule has 0 saturated heterocycles. The van der Waals surface area contributed by atoms with E-state index < -0.39 is 0 Å². The first-order chi connectivity index (χ1) is 7.17. The van der Waals surface area contributed by atoms with E-state index in [4.69, 9.17) is 15.2 Å². The fourth-order valence-electron chi connectivity index (χ4n) is 1.31. The highest BCUT2D eigenvalue weighted by atomic mass is 32.2. The van der Waals surface area contributed by atoms with Crippen LogP contribution >= 0.6 is 11.8 Å². The summed E-state index contributed by atoms with van der Waals surface area (Å²) in [5, 5.41) is 0. The van der Waals surface area contributed by atoms with Gasteiger partial charge in [-0.1, -0.05) is 11.8 Å². The molecule has 0 aliphatic heterocycles. The van der Waals surface area contributed by atoms with Gasteiger partial charge in [0.05, 0.1) is 24.0 Å². The molecule has 0 aromatic heterocycles. The fraction of sp³-hybridized carbons (Fsp3) is 0.455. The third-order valence-electron chi connectivity index (χ3n) is 2.43. The van der Waals surface area contributed by atoms with Gasteiger partial charge in [-0.25, -0.2) is 0 Å². The summed E-state index contributed by atoms with van der Waals surface area (Å²) < 4.78 is 10.5. The number of thioether (sulfide) groups is 1. The number of hydrogen-bond donors (Lipinski definition) is 1. The molecule has 82 valence electrons. The Morgan fingerprint density at radius 1 is 1.27 bits per heavy atom. The molecule has 0 unspecified atom stereocenters. The third kappa shape index (κ3) is 2.38. The second-order valence-corrected chi connectivity index (χ2v) is 5.14. The van der Waals surface area contributed by atoms with Crippen molar-refractivity contribution in [2.24, 2.45) is 5.73 Å². The van der Waals surface area contributed by atoms with Gasteiger partial charge >= 0.3 is 0 Å². The van der Waals surface area contributed by atoms with Gasteiger partial charge in [-0.15, -0.1) is 0 Å². The summed E-state index contributed by atoms with van der Waals surface area (Å²) in [5.74, 6) is 1.69. The van der Waals surface area contributed by atoms with E-state index in [0.29, 0.717) is 0 Å². The van der Waals surface area contributed by atoms with Gasteiger partial charge in [0.2, 0.25) is 0 Å². The predicted octanol–water partition coefficient (Wildman–Crippen LogP) is 2.24. The van der Waals surface area contributed by atoms with E-state index in [1.165, 1.54) is 0 Å². The second kappa shape index (κ2) is 3.94. The van der Waals surface area contributed by atoms with Crippen LogP contribution < -0.4 is 15.2 Å². The summed E-state index contributed by atoms with van der Waals surface area (Å²) in [6, 6.07) is 5.77. The number of rotatable bonds is 4. The van der Waals surface area contributed by atoms with Crippen LogP contribution in [0.25, 0.3) is 0 Å². The number of nitrogens with two attached hydrogens (primary N) is 1. The highest BCUT2D eigenvalue weighted by Gasteiger charge is 2.40. The molecule has 1 aromatic rings. The molecule has 2 rings (SSSR count). The Balaban J connectivity index is 2.25. The largest absolute Gasteiger partial charge is 0.497 e. The minimum atomic E-state index is -0.0837. The Bertz CT molecular complexity index is 364. The van der Waals surface area contributed by atoms with Crippen molar-refractivity contribution in [3.05, 3.63) is 18.2 Å². The number of hydrogen-bond acceptors (Lipinski definition) is 4. The zero-order valence-corrected chi connectivity index (χ0v) is 9.76. The average molecular weight is 225 g/mol. The predicted molar refractivity (Wildman–Crippen MR) is 61.6 cm³/mol. The van der Waals surface area contributed by atoms with E-state index in [2.05, 4.69) is 0 Å². The molecule has 0 atom stereocenters. The first kappa shape index (κ1) is 10.6. The average Bonchev–Trinajstić information content (AvgIpc) is 2.96. The molecule has 1 aliphatic carbocycles. The lowest BCUT2D eigenvalue weighted by molar-refractivity contribution is 0.394. The molecule has 1 saturated carbocycles. The number of methoxy groups -OCH3 is 2. The molecule has 0 amide bonds. The van der Waals surface area contributed by atoms with Crippen molar-refractivity contribution in [1.29, 1.82) is 0 Å². The number of ether oxygens (including phenoxy) is 2. The Labute approximate surface area is 93.9 Å². The zero-order valence-electron chi connectivity index (χ0n) is 8.95. The molecule has 1 aromatic carbocycles. The normalized spacial score (nSPS) is 17.3. The van der Waals surface area contributed by atoms with E-state index in [-0.39, 0.29) is 4.87 Å². The maximum Gasteiger partial charge on any atom is 0.132 e. The van der Waals surface area contributed by atoms with Crippen LogP contribution in [-0.4, -0.2) is 19.1 Å². The van der Waals surface area contributed by atoms with Crippen LogP contribution in [0, 0.1) is 0 Å². The molecule has 15 heavy (non-hydrogen) atoms. The van der Waals surface area contributed by atoms with Gasteiger partial charge in [-0.2, -0.15) is 0 Å². The van der Waals surface area contributed by atoms with E-state index >= 15 is 0 Å². The molecular formula is C11H15NO2S. The van der Waals surface area contributed by atoms with Gasteiger partial charge in [0, 0.05) is 0 Å². The SMILES string of the molecule is COc1ccc(OC)c(SC2(N)CC2)c1. The molecule has 0 spiro atoms. The lowest BCUT2D eigenvalue weighted by Gasteiger charge is -2.13. The van der Waals surface area contributed by atoms with Gasteiger partial charge in [-0.3, -0.25) is 0 Å². The standard InChI is InChI=1S/C11H15NO2S/c1-13-8-3-4-9(14-2)10(7-8)15-11(12)5-6-11/h3-4,7H,5-6,12H2,1-2H3. The Morgan fingerprint density at radius 2 is 2.00 bits per heavy atom. The topological polar surface area (TPSA) is 44.5 Å². The number of benzene rings is 1. The quantitative estimate of drug-likeness (QED) is 0.798. The molecule has 1 fully saturated rings. The lowest BCUT2D eigenvalue weighted by atomic mass is 10.3. The fourth-order valence-corrected chi connectivity index (χ4v) is 2.48. The summed E-state index contributed by atoms with van der Waals surface area (Å²) >= 11 is 1.67. The van der Waals surface area contributed by atoms with Crippen molar-refractivity contribution < 1.29 is 9.47 Å². The van der Waals surface area contributed by atoms with Crippen LogP contribution in [0.2, 0.25) is 0 Å². The van der Waals surface area contributed by atoms with E-state index in [1.54, 1.807) is 26.0 Å². The smallest absolute Gasteiger partial charge is 0.132 e. The minimum Gasteiger partial charge on any atom is -0.497 e. The van der Waals surface area contributed by atoms with E-state index in [0.717, 1.165) is 29.2 Å². The van der Waals surface area contributed by atoms with Crippen molar-refractivity contribution >= 4 is 11.8 Å². The lowest BCUT2D eigenvalue weighted by Crippen LogP contribution is -2.15. The van der Waals surface area contributed by atoms with Crippen LogP contribution in [0.1, 0.15) is 12.8 Å². The molecule has 4 heteroatoms. The minimum absolute atomic E-state index is 0.0837. The molecule has 0 bridgehead atoms. The van der Waals surface area contributed by atoms with Crippen LogP contribution in [0.4, 0.5) is 0 Å². The summed E-state index contributed by atoms with van der Waals surface area (Å²) in [7, 11) is 3.33. The maximum absolute atomic E-state index is 6.06. The Kier molecular flexibility index (Phi) is 2.80. The summed E-state index contributed by atoms with van der Waals surface area (Å²) in [6.45, 7) is 0. The summed E-state index contributed by atoms with van der Waals surface area (Å²) in [5.41, 5.74) is 6.06. The molecule has 3 nitrogen and oxygen atoms in total. The van der Waals surface area contributed by atoms with Gasteiger partial charge < -0.3 is 15.2 Å². The van der Waals surface area contributed by atoms with Gasteiger partial charge in [-0.05, 0) is 31.0 Å². The first-order valence-electron chi connectivity index (χ1n) is 4.87. The van der Waals surface area contributed by atoms with Crippen LogP contribution in [0.3, 0.4) is 0 Å². The molecule has 0 radical (unpaired) electrons. The van der Waals surface area contributed by atoms with Crippen molar-refractivity contribution in [2.45, 2.75) is 22.6 Å². The van der Waals surface area contributed by atoms with E-state index in [9.17, 15) is 0 Å². The molecule has 2 N–H and O–H groups in total. The third-order valence-corrected chi connectivity index (χ3v) is 3.78. The van der Waals surface area contributed by atoms with Crippen molar-refractivity contribution in [3.8, 4) is 11.5 Å². The van der Waals surface area contributed by atoms with Crippen LogP contribution in [0.5, 0.6) is 11.5 Å². The Hall–Kier alpha value is -0.870. The van der Waals surface area contributed by atoms with Crippen molar-refractivity contribution in [2.75, 3.05) is 14.2 Å². The maximum atomic E-state index is 6.06. The highest BCUT2D eigenvalue weighted by Crippen LogP contribution is 2.49. The summed E-state index contributed by atoms with van der Waals surface area (Å²) in [4.78, 5) is 0.969. The van der Waals surface area contributed by atoms with Gasteiger partial charge in [0.25, 0.3) is 0 Å². The van der Waals surface area contributed by atoms with Crippen molar-refractivity contribution in [1.82, 2.24) is 0 Å². The van der Waals surface area contributed by atoms with E-state index in [1.807, 2.05) is 18.2 Å². The Morgan fingerprint density at radius 3 is 2.53 bits per heavy atom. The van der Waals surface area contributed by atoms with Crippen molar-refractivity contribution in [3.63, 3.8) is 0 Å². The van der Waals surface area contributed by atoms with Gasteiger partial charge in [0.1, 0.15) is 11.5 Å². The molecular weight excluding hydrogens is 210 g/mol. The molecule has 1 aliphatic rings. The molecule has 0 heterocycles. The zero-order chi connectivity index (χ0) is 10.9. The second-order valence-electron chi connectivity index (χ2n) is 3.68. The highest BCUT2D eigenvalue weighted by molar-refractivity contribution is 8.01.